The van der Waals surface area contributed by atoms with E-state index in [0.717, 1.165) is 0 Å². The maximum atomic E-state index is 8.88. The number of hydrogen-bond donors (Lipinski definition) is 3. The van der Waals surface area contributed by atoms with Gasteiger partial charge in [-0.25, -0.2) is 4.57 Å². The molecule has 0 heterocycles. The van der Waals surface area contributed by atoms with Gasteiger partial charge in [-0.05, 0) is 0 Å². The first-order valence-electron chi connectivity index (χ1n) is 0.783. The van der Waals surface area contributed by atoms with Gasteiger partial charge in [0.1, 0.15) is 0 Å². The fraction of sp³-hybridized carbons (Fsp3) is 0. The van der Waals surface area contributed by atoms with Crippen LogP contribution < -0.4 is 0 Å². The van der Waals surface area contributed by atoms with Crippen molar-refractivity contribution in [3.05, 3.63) is 0 Å². The van der Waals surface area contributed by atoms with Crippen LogP contribution in [0.1, 0.15) is 0 Å². The molecule has 0 atom stereocenters. The fourth-order valence-corrected chi connectivity index (χ4v) is 0. The summed E-state index contributed by atoms with van der Waals surface area (Å²) in [5.41, 5.74) is 0. The van der Waals surface area contributed by atoms with E-state index in [-0.39, 0.29) is 137 Å². The molecule has 0 spiro atoms. The van der Waals surface area contributed by atoms with Gasteiger partial charge >= 0.3 is 106 Å². The predicted octanol–water partition coefficient (Wildman–Crippen LogP) is -2.77. The maximum absolute atomic E-state index is 8.88. The minimum atomic E-state index is -4.64. The van der Waals surface area contributed by atoms with Crippen molar-refractivity contribution >= 4 is 106 Å². The van der Waals surface area contributed by atoms with Gasteiger partial charge < -0.3 is 14.7 Å². The Bertz CT molecular complexity index is 62.7. The zero-order valence-corrected chi connectivity index (χ0v) is 10.4. The van der Waals surface area contributed by atoms with Crippen molar-refractivity contribution in [2.24, 2.45) is 0 Å². The average Bonchev–Trinajstić information content (AvgIpc) is 0.722. The molecule has 0 aliphatic carbocycles. The van der Waals surface area contributed by atoms with E-state index in [0.29, 0.717) is 0 Å². The molecule has 0 aromatic heterocycles. The van der Waals surface area contributed by atoms with E-state index in [9.17, 15) is 0 Å². The Morgan fingerprint density at radius 1 is 0.889 bits per heavy atom. The van der Waals surface area contributed by atoms with Crippen LogP contribution >= 0.6 is 7.82 Å². The van der Waals surface area contributed by atoms with E-state index >= 15 is 0 Å². The molecule has 0 radical (unpaired) electrons. The molecule has 0 fully saturated rings. The van der Waals surface area contributed by atoms with E-state index < -0.39 is 7.82 Å². The topological polar surface area (TPSA) is 77.8 Å². The Hall–Kier alpha value is 4.50. The maximum Gasteiger partial charge on any atom is 0 e. The van der Waals surface area contributed by atoms with E-state index in [1.807, 2.05) is 0 Å². The molecule has 0 bridgehead atoms. The minimum absolute atomic E-state index is 0. The van der Waals surface area contributed by atoms with E-state index in [1.54, 1.807) is 0 Å². The molecular weight excluding hydrogens is 500 g/mol. The largest absolute Gasteiger partial charge is 0 e. The summed E-state index contributed by atoms with van der Waals surface area (Å²) < 4.78 is 8.88. The molecule has 0 aliphatic heterocycles. The molecule has 4 nitrogen and oxygen atoms in total. The summed E-state index contributed by atoms with van der Waals surface area (Å²) >= 11 is 0. The Morgan fingerprint density at radius 3 is 0.889 bits per heavy atom. The Balaban J connectivity index is -0.0000000133. The summed E-state index contributed by atoms with van der Waals surface area (Å²) in [6.07, 6.45) is 0. The molecular formula is H7Ba2O4PZn2. The standard InChI is InChI=1S/2Ba.H3O4P.2Zn.4H/c;;1-5(2,3)4;;;;;;/h;;(H3,1,2,3,4);;;;;;. The zero-order chi connectivity index (χ0) is 4.50. The van der Waals surface area contributed by atoms with Gasteiger partial charge in [-0.3, -0.25) is 0 Å². The van der Waals surface area contributed by atoms with Gasteiger partial charge in [-0.1, -0.05) is 0 Å². The van der Waals surface area contributed by atoms with E-state index in [1.165, 1.54) is 0 Å². The zero-order valence-electron chi connectivity index (χ0n) is 3.61. The van der Waals surface area contributed by atoms with Crippen LogP contribution in [0, 0.1) is 0 Å². The van der Waals surface area contributed by atoms with Gasteiger partial charge in [0.15, 0.2) is 0 Å². The van der Waals surface area contributed by atoms with Gasteiger partial charge in [0.05, 0.1) is 0 Å². The van der Waals surface area contributed by atoms with Gasteiger partial charge in [0.2, 0.25) is 0 Å². The van der Waals surface area contributed by atoms with Crippen molar-refractivity contribution in [1.82, 2.24) is 0 Å². The SMILES string of the molecule is O=P(O)(O)O.[BaH2].[BaH2].[Zn].[Zn]. The van der Waals surface area contributed by atoms with E-state index in [2.05, 4.69) is 0 Å². The van der Waals surface area contributed by atoms with Crippen molar-refractivity contribution in [3.63, 3.8) is 0 Å². The third kappa shape index (κ3) is 68.1. The Morgan fingerprint density at radius 2 is 0.889 bits per heavy atom. The summed E-state index contributed by atoms with van der Waals surface area (Å²) in [5.74, 6) is 0. The third-order valence-corrected chi connectivity index (χ3v) is 0. The number of phosphoric acid groups is 1. The van der Waals surface area contributed by atoms with Gasteiger partial charge in [0.25, 0.3) is 0 Å². The molecule has 0 unspecified atom stereocenters. The van der Waals surface area contributed by atoms with Crippen molar-refractivity contribution in [2.45, 2.75) is 0 Å². The van der Waals surface area contributed by atoms with Crippen LogP contribution in [0.3, 0.4) is 0 Å². The van der Waals surface area contributed by atoms with Gasteiger partial charge in [0, 0.05) is 39.0 Å². The van der Waals surface area contributed by atoms with Crippen molar-refractivity contribution in [2.75, 3.05) is 0 Å². The monoisotopic (exact) mass is 506 g/mol. The van der Waals surface area contributed by atoms with Crippen LogP contribution in [0.4, 0.5) is 0 Å². The molecule has 0 saturated heterocycles. The predicted molar refractivity (Wildman–Crippen MR) is 31.4 cm³/mol. The first-order chi connectivity index (χ1) is 2.00. The van der Waals surface area contributed by atoms with Gasteiger partial charge in [-0.15, -0.1) is 0 Å². The second-order valence-electron chi connectivity index (χ2n) is 0.513. The van der Waals surface area contributed by atoms with Crippen LogP contribution in [0.15, 0.2) is 0 Å². The van der Waals surface area contributed by atoms with Crippen molar-refractivity contribution in [3.8, 4) is 0 Å². The minimum Gasteiger partial charge on any atom is 0 e. The van der Waals surface area contributed by atoms with Crippen LogP contribution in [0.25, 0.3) is 0 Å². The van der Waals surface area contributed by atoms with Crippen LogP contribution in [-0.4, -0.2) is 112 Å². The summed E-state index contributed by atoms with van der Waals surface area (Å²) in [7, 11) is -4.64. The molecule has 3 N–H and O–H groups in total. The second kappa shape index (κ2) is 15.0. The summed E-state index contributed by atoms with van der Waals surface area (Å²) in [5, 5.41) is 0. The smallest absolute Gasteiger partial charge is 0 e. The molecule has 0 amide bonds. The fourth-order valence-electron chi connectivity index (χ4n) is 0. The van der Waals surface area contributed by atoms with Crippen LogP contribution in [0.2, 0.25) is 0 Å². The van der Waals surface area contributed by atoms with Crippen LogP contribution in [-0.2, 0) is 43.5 Å². The molecule has 0 aromatic rings. The summed E-state index contributed by atoms with van der Waals surface area (Å²) in [4.78, 5) is 21.6. The Labute approximate surface area is 159 Å². The quantitative estimate of drug-likeness (QED) is 0.245. The molecule has 0 aromatic carbocycles. The van der Waals surface area contributed by atoms with Crippen molar-refractivity contribution in [1.29, 1.82) is 0 Å². The normalized spacial score (nSPS) is 6.56. The first kappa shape index (κ1) is 29.2. The molecule has 0 aliphatic rings. The van der Waals surface area contributed by atoms with Gasteiger partial charge in [-0.2, -0.15) is 0 Å². The molecule has 0 rings (SSSR count). The first-order valence-corrected chi connectivity index (χ1v) is 2.35. The third-order valence-electron chi connectivity index (χ3n) is 0. The number of hydrogen-bond acceptors (Lipinski definition) is 1. The number of rotatable bonds is 0. The average molecular weight is 507 g/mol. The summed E-state index contributed by atoms with van der Waals surface area (Å²) in [6.45, 7) is 0. The van der Waals surface area contributed by atoms with E-state index in [4.69, 9.17) is 19.2 Å². The Kier molecular flexibility index (Phi) is 48.6. The second-order valence-corrected chi connectivity index (χ2v) is 1.54. The van der Waals surface area contributed by atoms with Crippen molar-refractivity contribution < 1.29 is 58.2 Å². The molecule has 44 valence electrons. The molecule has 9 heavy (non-hydrogen) atoms. The molecule has 0 saturated carbocycles. The van der Waals surface area contributed by atoms with Crippen LogP contribution in [0.5, 0.6) is 0 Å². The summed E-state index contributed by atoms with van der Waals surface area (Å²) in [6, 6.07) is 0. The molecule has 9 heteroatoms.